The minimum absolute atomic E-state index is 0.126. The third-order valence-corrected chi connectivity index (χ3v) is 1.91. The second-order valence-corrected chi connectivity index (χ2v) is 2.84. The van der Waals surface area contributed by atoms with E-state index in [1.165, 1.54) is 0 Å². The Morgan fingerprint density at radius 3 is 2.69 bits per heavy atom. The molecule has 0 spiro atoms. The summed E-state index contributed by atoms with van der Waals surface area (Å²) in [4.78, 5) is 0. The molecule has 0 fully saturated rings. The Morgan fingerprint density at radius 2 is 2.23 bits per heavy atom. The number of amidine groups is 1. The van der Waals surface area contributed by atoms with E-state index >= 15 is 0 Å². The molecule has 0 amide bonds. The topological polar surface area (TPSA) is 84.6 Å². The molecule has 0 saturated carbocycles. The highest BCUT2D eigenvalue weighted by Crippen LogP contribution is 2.10. The van der Waals surface area contributed by atoms with Gasteiger partial charge in [0.25, 0.3) is 0 Å². The van der Waals surface area contributed by atoms with Crippen molar-refractivity contribution in [3.63, 3.8) is 0 Å². The summed E-state index contributed by atoms with van der Waals surface area (Å²) in [6.45, 7) is 2.39. The van der Waals surface area contributed by atoms with Gasteiger partial charge in [-0.1, -0.05) is 23.4 Å². The van der Waals surface area contributed by atoms with Crippen molar-refractivity contribution in [2.75, 3.05) is 0 Å². The van der Waals surface area contributed by atoms with E-state index in [0.29, 0.717) is 6.54 Å². The zero-order valence-electron chi connectivity index (χ0n) is 7.49. The first kappa shape index (κ1) is 9.54. The van der Waals surface area contributed by atoms with Crippen molar-refractivity contribution >= 4 is 5.84 Å². The lowest BCUT2D eigenvalue weighted by atomic mass is 10.0. The summed E-state index contributed by atoms with van der Waals surface area (Å²) in [6.07, 6.45) is 0. The molecular weight excluding hydrogens is 166 g/mol. The molecule has 0 aromatic heterocycles. The van der Waals surface area contributed by atoms with Crippen LogP contribution in [0.2, 0.25) is 0 Å². The first-order valence-electron chi connectivity index (χ1n) is 3.96. The number of hydrogen-bond acceptors (Lipinski definition) is 3. The van der Waals surface area contributed by atoms with Crippen LogP contribution in [0.3, 0.4) is 0 Å². The molecular formula is C9H13N3O. The fourth-order valence-corrected chi connectivity index (χ4v) is 1.19. The summed E-state index contributed by atoms with van der Waals surface area (Å²) >= 11 is 0. The van der Waals surface area contributed by atoms with Crippen LogP contribution < -0.4 is 11.5 Å². The summed E-state index contributed by atoms with van der Waals surface area (Å²) in [5.74, 6) is 0.126. The lowest BCUT2D eigenvalue weighted by molar-refractivity contribution is 0.318. The van der Waals surface area contributed by atoms with E-state index in [-0.39, 0.29) is 5.84 Å². The number of aryl methyl sites for hydroxylation is 1. The lowest BCUT2D eigenvalue weighted by Gasteiger charge is -2.05. The number of hydrogen-bond donors (Lipinski definition) is 3. The molecule has 0 aliphatic rings. The number of oxime groups is 1. The predicted octanol–water partition coefficient (Wildman–Crippen LogP) is 0.548. The Kier molecular flexibility index (Phi) is 2.87. The third-order valence-electron chi connectivity index (χ3n) is 1.91. The van der Waals surface area contributed by atoms with E-state index in [9.17, 15) is 0 Å². The van der Waals surface area contributed by atoms with Crippen molar-refractivity contribution in [1.82, 2.24) is 0 Å². The maximum atomic E-state index is 8.48. The Morgan fingerprint density at radius 1 is 1.54 bits per heavy atom. The second-order valence-electron chi connectivity index (χ2n) is 2.84. The maximum Gasteiger partial charge on any atom is 0.170 e. The average Bonchev–Trinajstić information content (AvgIpc) is 2.16. The Hall–Kier alpha value is -1.55. The number of nitrogens with zero attached hydrogens (tertiary/aromatic N) is 1. The largest absolute Gasteiger partial charge is 0.409 e. The first-order valence-corrected chi connectivity index (χ1v) is 3.96. The minimum atomic E-state index is 0.126. The fraction of sp³-hybridized carbons (Fsp3) is 0.222. The first-order chi connectivity index (χ1) is 6.19. The monoisotopic (exact) mass is 179 g/mol. The molecule has 0 aliphatic carbocycles. The van der Waals surface area contributed by atoms with Gasteiger partial charge in [-0.15, -0.1) is 0 Å². The summed E-state index contributed by atoms with van der Waals surface area (Å²) in [5.41, 5.74) is 13.6. The highest BCUT2D eigenvalue weighted by molar-refractivity contribution is 5.98. The van der Waals surface area contributed by atoms with Crippen molar-refractivity contribution < 1.29 is 5.21 Å². The van der Waals surface area contributed by atoms with Crippen molar-refractivity contribution in [3.8, 4) is 0 Å². The van der Waals surface area contributed by atoms with Crippen molar-refractivity contribution in [2.45, 2.75) is 13.5 Å². The van der Waals surface area contributed by atoms with Crippen LogP contribution in [0, 0.1) is 6.92 Å². The van der Waals surface area contributed by atoms with Gasteiger partial charge in [0.15, 0.2) is 5.84 Å². The van der Waals surface area contributed by atoms with Crippen LogP contribution in [0.4, 0.5) is 0 Å². The molecule has 70 valence electrons. The second kappa shape index (κ2) is 3.91. The van der Waals surface area contributed by atoms with Gasteiger partial charge in [0.1, 0.15) is 0 Å². The van der Waals surface area contributed by atoms with Crippen LogP contribution in [-0.4, -0.2) is 11.0 Å². The zero-order chi connectivity index (χ0) is 9.84. The van der Waals surface area contributed by atoms with E-state index in [1.54, 1.807) is 6.07 Å². The Labute approximate surface area is 76.8 Å². The van der Waals surface area contributed by atoms with Gasteiger partial charge < -0.3 is 16.7 Å². The normalized spacial score (nSPS) is 11.7. The van der Waals surface area contributed by atoms with Crippen LogP contribution in [0.25, 0.3) is 0 Å². The van der Waals surface area contributed by atoms with Gasteiger partial charge in [-0.25, -0.2) is 0 Å². The van der Waals surface area contributed by atoms with Crippen molar-refractivity contribution in [3.05, 3.63) is 34.9 Å². The van der Waals surface area contributed by atoms with E-state index < -0.39 is 0 Å². The van der Waals surface area contributed by atoms with Crippen LogP contribution in [0.1, 0.15) is 16.7 Å². The van der Waals surface area contributed by atoms with E-state index in [0.717, 1.165) is 16.7 Å². The van der Waals surface area contributed by atoms with Gasteiger partial charge in [0.2, 0.25) is 0 Å². The molecule has 0 heterocycles. The molecule has 0 radical (unpaired) electrons. The van der Waals surface area contributed by atoms with Gasteiger partial charge in [0, 0.05) is 12.1 Å². The maximum absolute atomic E-state index is 8.48. The van der Waals surface area contributed by atoms with Crippen molar-refractivity contribution in [1.29, 1.82) is 0 Å². The fourth-order valence-electron chi connectivity index (χ4n) is 1.19. The van der Waals surface area contributed by atoms with Crippen LogP contribution >= 0.6 is 0 Å². The van der Waals surface area contributed by atoms with E-state index in [1.807, 2.05) is 19.1 Å². The van der Waals surface area contributed by atoms with Gasteiger partial charge in [-0.3, -0.25) is 0 Å². The molecule has 4 nitrogen and oxygen atoms in total. The third kappa shape index (κ3) is 1.97. The Balaban J connectivity index is 3.12. The van der Waals surface area contributed by atoms with Crippen LogP contribution in [0.5, 0.6) is 0 Å². The molecule has 4 heteroatoms. The van der Waals surface area contributed by atoms with Gasteiger partial charge in [0.05, 0.1) is 0 Å². The van der Waals surface area contributed by atoms with Crippen molar-refractivity contribution in [2.24, 2.45) is 16.6 Å². The average molecular weight is 179 g/mol. The number of nitrogens with two attached hydrogens (primary N) is 2. The highest BCUT2D eigenvalue weighted by Gasteiger charge is 2.03. The molecule has 0 aliphatic heterocycles. The summed E-state index contributed by atoms with van der Waals surface area (Å²) in [7, 11) is 0. The molecule has 13 heavy (non-hydrogen) atoms. The number of rotatable bonds is 2. The lowest BCUT2D eigenvalue weighted by Crippen LogP contribution is -2.15. The van der Waals surface area contributed by atoms with E-state index in [4.69, 9.17) is 16.7 Å². The molecule has 1 aromatic rings. The molecule has 0 bridgehead atoms. The SMILES string of the molecule is Cc1cc(CN)ccc1/C(N)=N\O. The summed E-state index contributed by atoms with van der Waals surface area (Å²) < 4.78 is 0. The highest BCUT2D eigenvalue weighted by atomic mass is 16.4. The van der Waals surface area contributed by atoms with Crippen LogP contribution in [0.15, 0.2) is 23.4 Å². The van der Waals surface area contributed by atoms with Crippen LogP contribution in [-0.2, 0) is 6.54 Å². The molecule has 0 saturated heterocycles. The minimum Gasteiger partial charge on any atom is -0.409 e. The molecule has 1 rings (SSSR count). The molecule has 0 atom stereocenters. The van der Waals surface area contributed by atoms with E-state index in [2.05, 4.69) is 5.16 Å². The Bertz CT molecular complexity index is 334. The summed E-state index contributed by atoms with van der Waals surface area (Å²) in [5, 5.41) is 11.4. The van der Waals surface area contributed by atoms with Gasteiger partial charge >= 0.3 is 0 Å². The van der Waals surface area contributed by atoms with Gasteiger partial charge in [-0.05, 0) is 18.1 Å². The summed E-state index contributed by atoms with van der Waals surface area (Å²) in [6, 6.07) is 5.58. The number of benzene rings is 1. The van der Waals surface area contributed by atoms with Gasteiger partial charge in [-0.2, -0.15) is 0 Å². The standard InChI is InChI=1S/C9H13N3O/c1-6-4-7(5-10)2-3-8(6)9(11)12-13/h2-4,13H,5,10H2,1H3,(H2,11,12). The molecule has 0 unspecified atom stereocenters. The molecule has 5 N–H and O–H groups in total. The quantitative estimate of drug-likeness (QED) is 0.268. The zero-order valence-corrected chi connectivity index (χ0v) is 7.49. The molecule has 1 aromatic carbocycles. The smallest absolute Gasteiger partial charge is 0.170 e. The predicted molar refractivity (Wildman–Crippen MR) is 51.6 cm³/mol.